The zero-order chi connectivity index (χ0) is 13.0. The highest BCUT2D eigenvalue weighted by Gasteiger charge is 2.19. The quantitative estimate of drug-likeness (QED) is 0.849. The Hall–Kier alpha value is -1.45. The second-order valence-corrected chi connectivity index (χ2v) is 4.98. The predicted octanol–water partition coefficient (Wildman–Crippen LogP) is 2.49. The lowest BCUT2D eigenvalue weighted by Gasteiger charge is -2.27. The maximum Gasteiger partial charge on any atom is 0.0610 e. The maximum atomic E-state index is 9.36. The number of pyridine rings is 1. The fraction of sp³-hybridized carbons (Fsp3) is 0.400. The van der Waals surface area contributed by atoms with Gasteiger partial charge in [0, 0.05) is 29.9 Å². The first-order chi connectivity index (χ1) is 8.67. The molecule has 1 atom stereocenters. The second-order valence-electron chi connectivity index (χ2n) is 4.98. The molecule has 2 rings (SSSR count). The zero-order valence-electron chi connectivity index (χ0n) is 11.0. The summed E-state index contributed by atoms with van der Waals surface area (Å²) in [6.45, 7) is 5.04. The van der Waals surface area contributed by atoms with Gasteiger partial charge in [0.2, 0.25) is 0 Å². The molecule has 0 aliphatic rings. The van der Waals surface area contributed by atoms with Crippen molar-refractivity contribution in [1.82, 2.24) is 10.3 Å². The summed E-state index contributed by atoms with van der Waals surface area (Å²) in [7, 11) is 0. The van der Waals surface area contributed by atoms with E-state index in [2.05, 4.69) is 35.4 Å². The van der Waals surface area contributed by atoms with Crippen LogP contribution >= 0.6 is 0 Å². The Bertz CT molecular complexity index is 521. The smallest absolute Gasteiger partial charge is 0.0610 e. The molecule has 1 unspecified atom stereocenters. The van der Waals surface area contributed by atoms with Crippen LogP contribution in [0.15, 0.2) is 36.7 Å². The highest BCUT2D eigenvalue weighted by atomic mass is 16.3. The fourth-order valence-corrected chi connectivity index (χ4v) is 1.85. The second kappa shape index (κ2) is 5.46. The van der Waals surface area contributed by atoms with Crippen LogP contribution in [0.25, 0.3) is 10.8 Å². The summed E-state index contributed by atoms with van der Waals surface area (Å²) in [5.41, 5.74) is 1.02. The van der Waals surface area contributed by atoms with Gasteiger partial charge in [0.1, 0.15) is 0 Å². The standard InChI is InChI=1S/C15H20N2O/c1-3-15(2,11-18)17-9-12-4-5-14-10-16-7-6-13(14)8-12/h4-8,10,17-18H,3,9,11H2,1-2H3. The average molecular weight is 244 g/mol. The summed E-state index contributed by atoms with van der Waals surface area (Å²) in [5, 5.41) is 15.1. The van der Waals surface area contributed by atoms with Gasteiger partial charge in [0.25, 0.3) is 0 Å². The normalized spacial score (nSPS) is 14.6. The summed E-state index contributed by atoms with van der Waals surface area (Å²) in [6, 6.07) is 8.37. The van der Waals surface area contributed by atoms with Gasteiger partial charge < -0.3 is 10.4 Å². The van der Waals surface area contributed by atoms with Crippen molar-refractivity contribution in [2.24, 2.45) is 0 Å². The molecule has 3 nitrogen and oxygen atoms in total. The largest absolute Gasteiger partial charge is 0.394 e. The predicted molar refractivity (Wildman–Crippen MR) is 74.4 cm³/mol. The highest BCUT2D eigenvalue weighted by Crippen LogP contribution is 2.16. The number of aliphatic hydroxyl groups excluding tert-OH is 1. The molecule has 18 heavy (non-hydrogen) atoms. The molecule has 96 valence electrons. The summed E-state index contributed by atoms with van der Waals surface area (Å²) < 4.78 is 0. The number of benzene rings is 1. The minimum Gasteiger partial charge on any atom is -0.394 e. The van der Waals surface area contributed by atoms with Crippen LogP contribution in [0.5, 0.6) is 0 Å². The van der Waals surface area contributed by atoms with Gasteiger partial charge in [-0.25, -0.2) is 0 Å². The molecule has 2 N–H and O–H groups in total. The van der Waals surface area contributed by atoms with E-state index in [1.165, 1.54) is 10.9 Å². The number of aromatic nitrogens is 1. The first kappa shape index (κ1) is 13.0. The van der Waals surface area contributed by atoms with E-state index in [0.29, 0.717) is 0 Å². The van der Waals surface area contributed by atoms with Crippen LogP contribution in [-0.4, -0.2) is 22.2 Å². The van der Waals surface area contributed by atoms with Gasteiger partial charge in [0.05, 0.1) is 6.61 Å². The van der Waals surface area contributed by atoms with E-state index in [9.17, 15) is 5.11 Å². The molecule has 0 aliphatic heterocycles. The topological polar surface area (TPSA) is 45.1 Å². The molecule has 0 radical (unpaired) electrons. The van der Waals surface area contributed by atoms with Gasteiger partial charge in [-0.15, -0.1) is 0 Å². The van der Waals surface area contributed by atoms with Crippen LogP contribution in [0.1, 0.15) is 25.8 Å². The molecular formula is C15H20N2O. The van der Waals surface area contributed by atoms with Gasteiger partial charge >= 0.3 is 0 Å². The van der Waals surface area contributed by atoms with Crippen molar-refractivity contribution in [2.75, 3.05) is 6.61 Å². The third-order valence-electron chi connectivity index (χ3n) is 3.55. The van der Waals surface area contributed by atoms with Crippen LogP contribution in [0.4, 0.5) is 0 Å². The number of nitrogens with one attached hydrogen (secondary N) is 1. The molecule has 1 aromatic carbocycles. The molecular weight excluding hydrogens is 224 g/mol. The first-order valence-corrected chi connectivity index (χ1v) is 6.35. The summed E-state index contributed by atoms with van der Waals surface area (Å²) in [5.74, 6) is 0. The zero-order valence-corrected chi connectivity index (χ0v) is 11.0. The van der Waals surface area contributed by atoms with Crippen molar-refractivity contribution in [3.05, 3.63) is 42.2 Å². The fourth-order valence-electron chi connectivity index (χ4n) is 1.85. The lowest BCUT2D eigenvalue weighted by molar-refractivity contribution is 0.169. The average Bonchev–Trinajstić information content (AvgIpc) is 2.44. The van der Waals surface area contributed by atoms with Crippen LogP contribution in [-0.2, 0) is 6.54 Å². The van der Waals surface area contributed by atoms with Gasteiger partial charge in [0.15, 0.2) is 0 Å². The molecule has 1 aromatic heterocycles. The van der Waals surface area contributed by atoms with E-state index in [0.717, 1.165) is 18.4 Å². The van der Waals surface area contributed by atoms with E-state index in [1.807, 2.05) is 25.4 Å². The van der Waals surface area contributed by atoms with Crippen LogP contribution in [0.2, 0.25) is 0 Å². The van der Waals surface area contributed by atoms with E-state index in [-0.39, 0.29) is 12.1 Å². The van der Waals surface area contributed by atoms with E-state index >= 15 is 0 Å². The molecule has 0 bridgehead atoms. The number of aliphatic hydroxyl groups is 1. The van der Waals surface area contributed by atoms with Gasteiger partial charge in [-0.1, -0.05) is 19.1 Å². The van der Waals surface area contributed by atoms with Crippen molar-refractivity contribution in [2.45, 2.75) is 32.4 Å². The van der Waals surface area contributed by atoms with E-state index in [1.54, 1.807) is 0 Å². The maximum absolute atomic E-state index is 9.36. The molecule has 0 aliphatic carbocycles. The van der Waals surface area contributed by atoms with Gasteiger partial charge in [-0.3, -0.25) is 4.98 Å². The number of rotatable bonds is 5. The lowest BCUT2D eigenvalue weighted by atomic mass is 9.99. The van der Waals surface area contributed by atoms with Crippen molar-refractivity contribution in [3.8, 4) is 0 Å². The molecule has 0 saturated heterocycles. The molecule has 2 aromatic rings. The summed E-state index contributed by atoms with van der Waals surface area (Å²) in [4.78, 5) is 4.11. The van der Waals surface area contributed by atoms with Crippen LogP contribution < -0.4 is 5.32 Å². The van der Waals surface area contributed by atoms with Crippen molar-refractivity contribution in [1.29, 1.82) is 0 Å². The van der Waals surface area contributed by atoms with Crippen molar-refractivity contribution in [3.63, 3.8) is 0 Å². The third-order valence-corrected chi connectivity index (χ3v) is 3.55. The van der Waals surface area contributed by atoms with Crippen molar-refractivity contribution >= 4 is 10.8 Å². The summed E-state index contributed by atoms with van der Waals surface area (Å²) in [6.07, 6.45) is 4.58. The Morgan fingerprint density at radius 3 is 2.83 bits per heavy atom. The third kappa shape index (κ3) is 2.86. The summed E-state index contributed by atoms with van der Waals surface area (Å²) >= 11 is 0. The van der Waals surface area contributed by atoms with E-state index in [4.69, 9.17) is 0 Å². The van der Waals surface area contributed by atoms with Crippen LogP contribution in [0, 0.1) is 0 Å². The Morgan fingerprint density at radius 1 is 1.28 bits per heavy atom. The Labute approximate surface area is 108 Å². The SMILES string of the molecule is CCC(C)(CO)NCc1ccc2cnccc2c1. The van der Waals surface area contributed by atoms with Gasteiger partial charge in [-0.2, -0.15) is 0 Å². The Kier molecular flexibility index (Phi) is 3.94. The Morgan fingerprint density at radius 2 is 2.11 bits per heavy atom. The molecule has 0 spiro atoms. The molecule has 0 amide bonds. The monoisotopic (exact) mass is 244 g/mol. The highest BCUT2D eigenvalue weighted by molar-refractivity contribution is 5.81. The minimum atomic E-state index is -0.201. The minimum absolute atomic E-state index is 0.154. The molecule has 0 fully saturated rings. The van der Waals surface area contributed by atoms with Crippen molar-refractivity contribution < 1.29 is 5.11 Å². The number of nitrogens with zero attached hydrogens (tertiary/aromatic N) is 1. The van der Waals surface area contributed by atoms with Gasteiger partial charge in [-0.05, 0) is 36.4 Å². The Balaban J connectivity index is 2.12. The first-order valence-electron chi connectivity index (χ1n) is 6.35. The van der Waals surface area contributed by atoms with Crippen LogP contribution in [0.3, 0.4) is 0 Å². The van der Waals surface area contributed by atoms with E-state index < -0.39 is 0 Å². The number of fused-ring (bicyclic) bond motifs is 1. The number of hydrogen-bond donors (Lipinski definition) is 2. The number of hydrogen-bond acceptors (Lipinski definition) is 3. The molecule has 3 heteroatoms. The molecule has 0 saturated carbocycles. The lowest BCUT2D eigenvalue weighted by Crippen LogP contribution is -2.44. The molecule has 1 heterocycles.